The lowest BCUT2D eigenvalue weighted by Gasteiger charge is -1.98. The molecule has 2 rings (SSSR count). The predicted molar refractivity (Wildman–Crippen MR) is 77.1 cm³/mol. The Bertz CT molecular complexity index is 548. The van der Waals surface area contributed by atoms with E-state index >= 15 is 0 Å². The largest absolute Gasteiger partial charge is 0.300 e. The number of aromatic nitrogens is 2. The molecular formula is C14H17BrN2O. The van der Waals surface area contributed by atoms with Crippen molar-refractivity contribution in [2.45, 2.75) is 25.7 Å². The third-order valence-corrected chi connectivity index (χ3v) is 3.62. The molecule has 0 aliphatic carbocycles. The first-order chi connectivity index (χ1) is 8.72. The van der Waals surface area contributed by atoms with E-state index in [0.717, 1.165) is 34.8 Å². The number of alkyl halides is 1. The van der Waals surface area contributed by atoms with Gasteiger partial charge < -0.3 is 0 Å². The van der Waals surface area contributed by atoms with Crippen molar-refractivity contribution in [2.24, 2.45) is 7.05 Å². The zero-order chi connectivity index (χ0) is 13.0. The molecule has 0 unspecified atom stereocenters. The van der Waals surface area contributed by atoms with Crippen molar-refractivity contribution >= 4 is 32.6 Å². The smallest absolute Gasteiger partial charge is 0.133 e. The normalized spacial score (nSPS) is 11.0. The van der Waals surface area contributed by atoms with Crippen LogP contribution >= 0.6 is 15.9 Å². The van der Waals surface area contributed by atoms with Crippen LogP contribution in [0.4, 0.5) is 0 Å². The average molecular weight is 309 g/mol. The van der Waals surface area contributed by atoms with Crippen molar-refractivity contribution in [1.29, 1.82) is 0 Å². The molecule has 3 nitrogen and oxygen atoms in total. The van der Waals surface area contributed by atoms with Crippen LogP contribution in [0.2, 0.25) is 0 Å². The molecule has 0 aliphatic rings. The Morgan fingerprint density at radius 2 is 2.11 bits per heavy atom. The summed E-state index contributed by atoms with van der Waals surface area (Å²) in [5.41, 5.74) is 2.15. The first-order valence-corrected chi connectivity index (χ1v) is 7.33. The van der Waals surface area contributed by atoms with Gasteiger partial charge in [-0.25, -0.2) is 0 Å². The molecule has 0 spiro atoms. The van der Waals surface area contributed by atoms with Crippen LogP contribution in [0.3, 0.4) is 0 Å². The molecule has 2 aromatic rings. The van der Waals surface area contributed by atoms with Gasteiger partial charge >= 0.3 is 0 Å². The number of benzene rings is 1. The lowest BCUT2D eigenvalue weighted by Crippen LogP contribution is -2.01. The molecule has 96 valence electrons. The molecule has 0 saturated carbocycles. The Morgan fingerprint density at radius 1 is 1.33 bits per heavy atom. The van der Waals surface area contributed by atoms with Gasteiger partial charge in [0.1, 0.15) is 5.78 Å². The minimum atomic E-state index is 0.323. The van der Waals surface area contributed by atoms with Gasteiger partial charge in [-0.2, -0.15) is 5.10 Å². The van der Waals surface area contributed by atoms with E-state index in [-0.39, 0.29) is 0 Å². The fourth-order valence-corrected chi connectivity index (χ4v) is 2.40. The molecule has 0 aliphatic heterocycles. The second-order valence-electron chi connectivity index (χ2n) is 4.42. The van der Waals surface area contributed by atoms with E-state index in [4.69, 9.17) is 0 Å². The average Bonchev–Trinajstić information content (AvgIpc) is 2.71. The lowest BCUT2D eigenvalue weighted by atomic mass is 10.1. The summed E-state index contributed by atoms with van der Waals surface area (Å²) in [5.74, 6) is 0.323. The minimum Gasteiger partial charge on any atom is -0.300 e. The number of aryl methyl sites for hydroxylation is 2. The summed E-state index contributed by atoms with van der Waals surface area (Å²) < 4.78 is 1.88. The van der Waals surface area contributed by atoms with Crippen LogP contribution in [0.1, 0.15) is 25.0 Å². The number of hydrogen-bond acceptors (Lipinski definition) is 2. The maximum atomic E-state index is 11.7. The summed E-state index contributed by atoms with van der Waals surface area (Å²) in [6.45, 7) is 0. The van der Waals surface area contributed by atoms with E-state index < -0.39 is 0 Å². The van der Waals surface area contributed by atoms with E-state index in [2.05, 4.69) is 33.2 Å². The number of Topliss-reactive ketones (excluding diaryl/α,β-unsaturated/α-hetero) is 1. The molecule has 4 heteroatoms. The number of para-hydroxylation sites is 1. The summed E-state index contributed by atoms with van der Waals surface area (Å²) >= 11 is 3.34. The lowest BCUT2D eigenvalue weighted by molar-refractivity contribution is -0.119. The van der Waals surface area contributed by atoms with Gasteiger partial charge in [-0.1, -0.05) is 34.1 Å². The van der Waals surface area contributed by atoms with Crippen molar-refractivity contribution in [3.05, 3.63) is 30.0 Å². The molecule has 0 fully saturated rings. The number of carbonyl (C=O) groups excluding carboxylic acids is 1. The maximum absolute atomic E-state index is 11.7. The van der Waals surface area contributed by atoms with Gasteiger partial charge in [0.2, 0.25) is 0 Å². The summed E-state index contributed by atoms with van der Waals surface area (Å²) in [6.07, 6.45) is 2.91. The summed E-state index contributed by atoms with van der Waals surface area (Å²) in [4.78, 5) is 11.7. The molecule has 1 aromatic carbocycles. The first-order valence-electron chi connectivity index (χ1n) is 6.20. The van der Waals surface area contributed by atoms with Gasteiger partial charge in [0, 0.05) is 30.6 Å². The number of carbonyl (C=O) groups is 1. The van der Waals surface area contributed by atoms with Crippen LogP contribution < -0.4 is 0 Å². The SMILES string of the molecule is Cn1nc(CCC(=O)CCCBr)c2ccccc21. The van der Waals surface area contributed by atoms with E-state index in [9.17, 15) is 4.79 Å². The van der Waals surface area contributed by atoms with Crippen molar-refractivity contribution in [3.63, 3.8) is 0 Å². The molecule has 1 heterocycles. The second-order valence-corrected chi connectivity index (χ2v) is 5.21. The first kappa shape index (κ1) is 13.3. The topological polar surface area (TPSA) is 34.9 Å². The number of fused-ring (bicyclic) bond motifs is 1. The Balaban J connectivity index is 2.06. The Morgan fingerprint density at radius 3 is 2.89 bits per heavy atom. The van der Waals surface area contributed by atoms with Gasteiger partial charge in [0.15, 0.2) is 0 Å². The fraction of sp³-hybridized carbons (Fsp3) is 0.429. The van der Waals surface area contributed by atoms with Gasteiger partial charge in [0.25, 0.3) is 0 Å². The molecule has 0 saturated heterocycles. The number of halogens is 1. The van der Waals surface area contributed by atoms with E-state index in [1.807, 2.05) is 23.9 Å². The standard InChI is InChI=1S/C14H17BrN2O/c1-17-14-7-3-2-6-12(14)13(16-17)9-8-11(18)5-4-10-15/h2-3,6-7H,4-5,8-10H2,1H3. The van der Waals surface area contributed by atoms with Gasteiger partial charge in [0.05, 0.1) is 11.2 Å². The summed E-state index contributed by atoms with van der Waals surface area (Å²) in [7, 11) is 1.94. The number of rotatable bonds is 6. The Labute approximate surface area is 115 Å². The van der Waals surface area contributed by atoms with Crippen LogP contribution in [0.25, 0.3) is 10.9 Å². The van der Waals surface area contributed by atoms with Crippen LogP contribution in [-0.4, -0.2) is 20.9 Å². The van der Waals surface area contributed by atoms with E-state index in [0.29, 0.717) is 18.6 Å². The highest BCUT2D eigenvalue weighted by Crippen LogP contribution is 2.18. The molecule has 1 aromatic heterocycles. The second kappa shape index (κ2) is 6.14. The van der Waals surface area contributed by atoms with Crippen molar-refractivity contribution in [2.75, 3.05) is 5.33 Å². The molecule has 0 N–H and O–H groups in total. The van der Waals surface area contributed by atoms with Crippen LogP contribution in [0.15, 0.2) is 24.3 Å². The van der Waals surface area contributed by atoms with Crippen molar-refractivity contribution in [1.82, 2.24) is 9.78 Å². The van der Waals surface area contributed by atoms with Gasteiger partial charge in [-0.05, 0) is 18.9 Å². The van der Waals surface area contributed by atoms with Crippen LogP contribution in [-0.2, 0) is 18.3 Å². The molecule has 18 heavy (non-hydrogen) atoms. The van der Waals surface area contributed by atoms with Gasteiger partial charge in [-0.3, -0.25) is 9.48 Å². The minimum absolute atomic E-state index is 0.323. The molecule has 0 radical (unpaired) electrons. The molecule has 0 amide bonds. The highest BCUT2D eigenvalue weighted by atomic mass is 79.9. The highest BCUT2D eigenvalue weighted by Gasteiger charge is 2.09. The molecule has 0 atom stereocenters. The number of ketones is 1. The van der Waals surface area contributed by atoms with Crippen molar-refractivity contribution in [3.8, 4) is 0 Å². The quantitative estimate of drug-likeness (QED) is 0.768. The highest BCUT2D eigenvalue weighted by molar-refractivity contribution is 9.09. The zero-order valence-electron chi connectivity index (χ0n) is 10.5. The summed E-state index contributed by atoms with van der Waals surface area (Å²) in [6, 6.07) is 8.15. The fourth-order valence-electron chi connectivity index (χ4n) is 2.12. The van der Waals surface area contributed by atoms with E-state index in [1.54, 1.807) is 0 Å². The number of hydrogen-bond donors (Lipinski definition) is 0. The zero-order valence-corrected chi connectivity index (χ0v) is 12.1. The molecular weight excluding hydrogens is 292 g/mol. The third kappa shape index (κ3) is 2.99. The Hall–Kier alpha value is -1.16. The monoisotopic (exact) mass is 308 g/mol. The third-order valence-electron chi connectivity index (χ3n) is 3.06. The summed E-state index contributed by atoms with van der Waals surface area (Å²) in [5, 5.41) is 6.55. The van der Waals surface area contributed by atoms with Crippen LogP contribution in [0, 0.1) is 0 Å². The van der Waals surface area contributed by atoms with Gasteiger partial charge in [-0.15, -0.1) is 0 Å². The van der Waals surface area contributed by atoms with Crippen LogP contribution in [0.5, 0.6) is 0 Å². The predicted octanol–water partition coefficient (Wildman–Crippen LogP) is 3.25. The molecule has 0 bridgehead atoms. The number of nitrogens with zero attached hydrogens (tertiary/aromatic N) is 2. The van der Waals surface area contributed by atoms with E-state index in [1.165, 1.54) is 0 Å². The Kier molecular flexibility index (Phi) is 4.53. The van der Waals surface area contributed by atoms with Crippen molar-refractivity contribution < 1.29 is 4.79 Å². The maximum Gasteiger partial charge on any atom is 0.133 e.